The van der Waals surface area contributed by atoms with E-state index in [0.29, 0.717) is 24.9 Å². The average molecular weight is 365 g/mol. The predicted molar refractivity (Wildman–Crippen MR) is 96.9 cm³/mol. The fourth-order valence-corrected chi connectivity index (χ4v) is 3.28. The Morgan fingerprint density at radius 2 is 2.07 bits per heavy atom. The summed E-state index contributed by atoms with van der Waals surface area (Å²) >= 11 is 0. The Balaban J connectivity index is 1.42. The van der Waals surface area contributed by atoms with E-state index in [1.165, 1.54) is 10.7 Å². The first-order chi connectivity index (χ1) is 13.3. The van der Waals surface area contributed by atoms with E-state index in [1.807, 2.05) is 12.1 Å². The van der Waals surface area contributed by atoms with Crippen molar-refractivity contribution < 1.29 is 4.74 Å². The minimum absolute atomic E-state index is 0.106. The van der Waals surface area contributed by atoms with Gasteiger partial charge < -0.3 is 10.1 Å². The van der Waals surface area contributed by atoms with E-state index in [-0.39, 0.29) is 17.6 Å². The van der Waals surface area contributed by atoms with Gasteiger partial charge in [0.15, 0.2) is 5.82 Å². The molecule has 0 aromatic carbocycles. The van der Waals surface area contributed by atoms with Gasteiger partial charge in [0.05, 0.1) is 19.3 Å². The van der Waals surface area contributed by atoms with Gasteiger partial charge in [-0.2, -0.15) is 5.10 Å². The molecule has 0 radical (unpaired) electrons. The molecule has 1 saturated carbocycles. The Hall–Kier alpha value is -3.07. The van der Waals surface area contributed by atoms with E-state index in [1.54, 1.807) is 29.3 Å². The summed E-state index contributed by atoms with van der Waals surface area (Å²) in [6.07, 6.45) is 7.54. The van der Waals surface area contributed by atoms with Gasteiger partial charge in [0.25, 0.3) is 5.56 Å². The molecule has 9 nitrogen and oxygen atoms in total. The van der Waals surface area contributed by atoms with Gasteiger partial charge in [0.2, 0.25) is 0 Å². The highest BCUT2D eigenvalue weighted by Gasteiger charge is 2.32. The van der Waals surface area contributed by atoms with Gasteiger partial charge in [0, 0.05) is 30.6 Å². The molecule has 3 aromatic rings. The largest absolute Gasteiger partial charge is 0.377 e. The van der Waals surface area contributed by atoms with Crippen LogP contribution >= 0.6 is 0 Å². The third-order valence-corrected chi connectivity index (χ3v) is 4.86. The topological polar surface area (TPSA) is 99.8 Å². The number of nitrogens with zero attached hydrogens (tertiary/aromatic N) is 6. The Kier molecular flexibility index (Phi) is 3.93. The molecule has 5 rings (SSSR count). The number of hydrogen-bond donors (Lipinski definition) is 1. The van der Waals surface area contributed by atoms with E-state index in [0.717, 1.165) is 24.5 Å². The van der Waals surface area contributed by atoms with Crippen molar-refractivity contribution in [2.24, 2.45) is 0 Å². The number of nitrogens with one attached hydrogen (secondary N) is 1. The highest BCUT2D eigenvalue weighted by atomic mass is 16.5. The second kappa shape index (κ2) is 6.58. The zero-order chi connectivity index (χ0) is 18.2. The average Bonchev–Trinajstić information content (AvgIpc) is 3.20. The monoisotopic (exact) mass is 365 g/mol. The highest BCUT2D eigenvalue weighted by Crippen LogP contribution is 2.38. The van der Waals surface area contributed by atoms with Crippen LogP contribution in [-0.4, -0.2) is 48.8 Å². The summed E-state index contributed by atoms with van der Waals surface area (Å²) in [5.74, 6) is 2.70. The molecule has 9 heteroatoms. The summed E-state index contributed by atoms with van der Waals surface area (Å²) in [7, 11) is 0. The predicted octanol–water partition coefficient (Wildman–Crippen LogP) is 1.15. The van der Waals surface area contributed by atoms with Crippen LogP contribution in [0.4, 0.5) is 5.82 Å². The first-order valence-corrected chi connectivity index (χ1v) is 9.05. The summed E-state index contributed by atoms with van der Waals surface area (Å²) in [6.45, 7) is 0.890. The molecule has 1 N–H and O–H groups in total. The maximum atomic E-state index is 12.4. The molecule has 27 heavy (non-hydrogen) atoms. The fourth-order valence-electron chi connectivity index (χ4n) is 3.28. The van der Waals surface area contributed by atoms with Crippen LogP contribution in [0, 0.1) is 0 Å². The standard InChI is InChI=1S/C18H19N7O2/c26-17-5-4-16(24-9-1-7-20-24)23-25(17)14-11-27-10-13(14)21-15-6-8-19-18(22-15)12-2-3-12/h1,4-9,12-14H,2-3,10-11H2,(H,19,21,22). The van der Waals surface area contributed by atoms with Crippen LogP contribution in [0.2, 0.25) is 0 Å². The first kappa shape index (κ1) is 16.1. The molecule has 138 valence electrons. The molecule has 2 aliphatic rings. The van der Waals surface area contributed by atoms with E-state index in [4.69, 9.17) is 4.74 Å². The zero-order valence-electron chi connectivity index (χ0n) is 14.6. The molecular formula is C18H19N7O2. The van der Waals surface area contributed by atoms with Crippen LogP contribution in [-0.2, 0) is 4.74 Å². The lowest BCUT2D eigenvalue weighted by molar-refractivity contribution is 0.182. The Bertz CT molecular complexity index is 997. The fraction of sp³-hybridized carbons (Fsp3) is 0.389. The first-order valence-electron chi connectivity index (χ1n) is 9.05. The van der Waals surface area contributed by atoms with Crippen molar-refractivity contribution in [3.05, 3.63) is 59.0 Å². The lowest BCUT2D eigenvalue weighted by atomic mass is 10.1. The van der Waals surface area contributed by atoms with Gasteiger partial charge in [-0.3, -0.25) is 4.79 Å². The molecule has 4 heterocycles. The zero-order valence-corrected chi connectivity index (χ0v) is 14.6. The summed E-state index contributed by atoms with van der Waals surface area (Å²) in [5, 5.41) is 12.1. The second-order valence-corrected chi connectivity index (χ2v) is 6.85. The number of hydrogen-bond acceptors (Lipinski definition) is 7. The van der Waals surface area contributed by atoms with Crippen LogP contribution in [0.25, 0.3) is 5.82 Å². The van der Waals surface area contributed by atoms with E-state index in [9.17, 15) is 4.79 Å². The maximum absolute atomic E-state index is 12.4. The third kappa shape index (κ3) is 3.21. The molecule has 1 aliphatic heterocycles. The molecular weight excluding hydrogens is 346 g/mol. The van der Waals surface area contributed by atoms with Gasteiger partial charge >= 0.3 is 0 Å². The SMILES string of the molecule is O=c1ccc(-n2cccn2)nn1C1COCC1Nc1ccnc(C2CC2)n1. The summed E-state index contributed by atoms with van der Waals surface area (Å²) < 4.78 is 8.75. The molecule has 2 fully saturated rings. The Morgan fingerprint density at radius 1 is 1.15 bits per heavy atom. The van der Waals surface area contributed by atoms with Crippen LogP contribution in [0.15, 0.2) is 47.7 Å². The molecule has 0 bridgehead atoms. The Labute approximate surface area is 155 Å². The number of anilines is 1. The minimum atomic E-state index is -0.229. The quantitative estimate of drug-likeness (QED) is 0.724. The second-order valence-electron chi connectivity index (χ2n) is 6.85. The number of ether oxygens (including phenoxy) is 1. The van der Waals surface area contributed by atoms with Crippen molar-refractivity contribution in [2.75, 3.05) is 18.5 Å². The van der Waals surface area contributed by atoms with Crippen LogP contribution in [0.3, 0.4) is 0 Å². The molecule has 0 amide bonds. The van der Waals surface area contributed by atoms with Crippen molar-refractivity contribution in [3.8, 4) is 5.82 Å². The molecule has 0 spiro atoms. The molecule has 2 unspecified atom stereocenters. The van der Waals surface area contributed by atoms with Crippen molar-refractivity contribution in [2.45, 2.75) is 30.8 Å². The van der Waals surface area contributed by atoms with Gasteiger partial charge in [0.1, 0.15) is 17.7 Å². The summed E-state index contributed by atoms with van der Waals surface area (Å²) in [4.78, 5) is 21.4. The third-order valence-electron chi connectivity index (χ3n) is 4.86. The highest BCUT2D eigenvalue weighted by molar-refractivity contribution is 5.36. The normalized spacial score (nSPS) is 22.1. The van der Waals surface area contributed by atoms with E-state index >= 15 is 0 Å². The van der Waals surface area contributed by atoms with Gasteiger partial charge in [-0.15, -0.1) is 5.10 Å². The molecule has 1 saturated heterocycles. The van der Waals surface area contributed by atoms with E-state index < -0.39 is 0 Å². The Morgan fingerprint density at radius 3 is 2.89 bits per heavy atom. The smallest absolute Gasteiger partial charge is 0.267 e. The van der Waals surface area contributed by atoms with E-state index in [2.05, 4.69) is 25.5 Å². The molecule has 2 atom stereocenters. The lowest BCUT2D eigenvalue weighted by Gasteiger charge is -2.21. The summed E-state index contributed by atoms with van der Waals surface area (Å²) in [5.41, 5.74) is -0.172. The lowest BCUT2D eigenvalue weighted by Crippen LogP contribution is -2.37. The maximum Gasteiger partial charge on any atom is 0.267 e. The van der Waals surface area contributed by atoms with Gasteiger partial charge in [-0.25, -0.2) is 19.3 Å². The number of aromatic nitrogens is 6. The number of rotatable bonds is 5. The van der Waals surface area contributed by atoms with Crippen molar-refractivity contribution in [3.63, 3.8) is 0 Å². The van der Waals surface area contributed by atoms with Crippen LogP contribution in [0.5, 0.6) is 0 Å². The van der Waals surface area contributed by atoms with Gasteiger partial charge in [-0.1, -0.05) is 0 Å². The summed E-state index contributed by atoms with van der Waals surface area (Å²) in [6, 6.07) is 6.49. The van der Waals surface area contributed by atoms with Crippen molar-refractivity contribution in [1.29, 1.82) is 0 Å². The van der Waals surface area contributed by atoms with Crippen molar-refractivity contribution in [1.82, 2.24) is 29.5 Å². The molecule has 3 aromatic heterocycles. The van der Waals surface area contributed by atoms with Gasteiger partial charge in [-0.05, 0) is 31.0 Å². The minimum Gasteiger partial charge on any atom is -0.377 e. The molecule has 1 aliphatic carbocycles. The van der Waals surface area contributed by atoms with Crippen LogP contribution in [0.1, 0.15) is 30.6 Å². The van der Waals surface area contributed by atoms with Crippen LogP contribution < -0.4 is 10.9 Å². The van der Waals surface area contributed by atoms with Crippen molar-refractivity contribution >= 4 is 5.82 Å².